The Morgan fingerprint density at radius 3 is 2.75 bits per heavy atom. The predicted octanol–water partition coefficient (Wildman–Crippen LogP) is 2.26. The van der Waals surface area contributed by atoms with Crippen molar-refractivity contribution in [2.45, 2.75) is 6.43 Å². The average molecular weight is 249 g/mol. The van der Waals surface area contributed by atoms with Gasteiger partial charge in [0.1, 0.15) is 0 Å². The minimum absolute atomic E-state index is 0.107. The summed E-state index contributed by atoms with van der Waals surface area (Å²) < 4.78 is 24.2. The number of hydrogen-bond acceptors (Lipinski definition) is 2. The second kappa shape index (κ2) is 5.12. The second-order valence-corrected chi connectivity index (χ2v) is 3.69. The van der Waals surface area contributed by atoms with Gasteiger partial charge in [0.25, 0.3) is 12.3 Å². The highest BCUT2D eigenvalue weighted by molar-refractivity contribution is 6.33. The van der Waals surface area contributed by atoms with Gasteiger partial charge in [-0.05, 0) is 12.1 Å². The molecule has 0 aliphatic carbocycles. The fourth-order valence-corrected chi connectivity index (χ4v) is 1.39. The summed E-state index contributed by atoms with van der Waals surface area (Å²) in [6, 6.07) is 4.52. The van der Waals surface area contributed by atoms with Crippen LogP contribution in [0.2, 0.25) is 5.02 Å². The highest BCUT2D eigenvalue weighted by Crippen LogP contribution is 2.23. The number of nitrogens with two attached hydrogens (primary N) is 1. The van der Waals surface area contributed by atoms with E-state index in [1.54, 1.807) is 6.07 Å². The number of halogens is 3. The number of para-hydroxylation sites is 1. The van der Waals surface area contributed by atoms with Gasteiger partial charge < -0.3 is 10.6 Å². The molecule has 0 aliphatic heterocycles. The highest BCUT2D eigenvalue weighted by atomic mass is 35.5. The van der Waals surface area contributed by atoms with Gasteiger partial charge in [-0.2, -0.15) is 0 Å². The topological polar surface area (TPSA) is 46.3 Å². The van der Waals surface area contributed by atoms with E-state index in [4.69, 9.17) is 17.3 Å². The summed E-state index contributed by atoms with van der Waals surface area (Å²) in [5.74, 6) is -0.569. The van der Waals surface area contributed by atoms with E-state index in [2.05, 4.69) is 0 Å². The fourth-order valence-electron chi connectivity index (χ4n) is 1.22. The van der Waals surface area contributed by atoms with Crippen molar-refractivity contribution in [3.63, 3.8) is 0 Å². The third-order valence-corrected chi connectivity index (χ3v) is 2.37. The summed E-state index contributed by atoms with van der Waals surface area (Å²) in [4.78, 5) is 12.6. The maximum absolute atomic E-state index is 12.1. The summed E-state index contributed by atoms with van der Waals surface area (Å²) in [6.45, 7) is -0.634. The highest BCUT2D eigenvalue weighted by Gasteiger charge is 2.18. The molecule has 6 heteroatoms. The van der Waals surface area contributed by atoms with Crippen molar-refractivity contribution < 1.29 is 13.6 Å². The van der Waals surface area contributed by atoms with E-state index >= 15 is 0 Å². The van der Waals surface area contributed by atoms with Gasteiger partial charge in [0.2, 0.25) is 0 Å². The number of carbonyl (C=O) groups excluding carboxylic acids is 1. The normalized spacial score (nSPS) is 10.6. The molecule has 1 aromatic carbocycles. The molecule has 0 atom stereocenters. The lowest BCUT2D eigenvalue weighted by Crippen LogP contribution is -2.31. The van der Waals surface area contributed by atoms with Crippen molar-refractivity contribution in [2.75, 3.05) is 19.3 Å². The first-order valence-electron chi connectivity index (χ1n) is 4.51. The molecule has 16 heavy (non-hydrogen) atoms. The molecule has 0 aromatic heterocycles. The first kappa shape index (κ1) is 12.7. The Morgan fingerprint density at radius 2 is 2.19 bits per heavy atom. The van der Waals surface area contributed by atoms with Crippen LogP contribution in [0.15, 0.2) is 18.2 Å². The lowest BCUT2D eigenvalue weighted by molar-refractivity contribution is 0.0621. The molecule has 0 heterocycles. The van der Waals surface area contributed by atoms with Crippen LogP contribution in [0.5, 0.6) is 0 Å². The number of hydrogen-bond donors (Lipinski definition) is 1. The van der Waals surface area contributed by atoms with Crippen molar-refractivity contribution in [3.8, 4) is 0 Å². The Labute approximate surface area is 96.8 Å². The Bertz CT molecular complexity index is 398. The second-order valence-electron chi connectivity index (χ2n) is 3.28. The van der Waals surface area contributed by atoms with Crippen LogP contribution in [0.1, 0.15) is 10.4 Å². The number of nitrogen functional groups attached to an aromatic ring is 1. The van der Waals surface area contributed by atoms with Gasteiger partial charge in [0.05, 0.1) is 22.8 Å². The summed E-state index contributed by atoms with van der Waals surface area (Å²) >= 11 is 5.72. The zero-order chi connectivity index (χ0) is 12.3. The molecule has 0 saturated carbocycles. The molecular weight excluding hydrogens is 238 g/mol. The van der Waals surface area contributed by atoms with Crippen LogP contribution in [-0.4, -0.2) is 30.8 Å². The van der Waals surface area contributed by atoms with E-state index in [-0.39, 0.29) is 16.3 Å². The lowest BCUT2D eigenvalue weighted by Gasteiger charge is -2.17. The van der Waals surface area contributed by atoms with Gasteiger partial charge in [-0.3, -0.25) is 4.79 Å². The van der Waals surface area contributed by atoms with Crippen molar-refractivity contribution in [2.24, 2.45) is 0 Å². The van der Waals surface area contributed by atoms with Crippen LogP contribution in [0.4, 0.5) is 14.5 Å². The van der Waals surface area contributed by atoms with Gasteiger partial charge in [0.15, 0.2) is 0 Å². The van der Waals surface area contributed by atoms with Gasteiger partial charge >= 0.3 is 0 Å². The largest absolute Gasteiger partial charge is 0.397 e. The standard InChI is InChI=1S/C10H11ClF2N2O/c1-15(5-8(12)13)10(16)6-3-2-4-7(11)9(6)14/h2-4,8H,5,14H2,1H3. The molecular formula is C10H11ClF2N2O. The zero-order valence-electron chi connectivity index (χ0n) is 8.58. The molecule has 1 amide bonds. The third kappa shape index (κ3) is 2.82. The minimum atomic E-state index is -2.57. The van der Waals surface area contributed by atoms with Crippen molar-refractivity contribution in [1.29, 1.82) is 0 Å². The molecule has 0 bridgehead atoms. The molecule has 0 saturated heterocycles. The van der Waals surface area contributed by atoms with E-state index < -0.39 is 18.9 Å². The quantitative estimate of drug-likeness (QED) is 0.834. The van der Waals surface area contributed by atoms with E-state index in [0.29, 0.717) is 0 Å². The first-order valence-corrected chi connectivity index (χ1v) is 4.89. The van der Waals surface area contributed by atoms with Crippen LogP contribution in [0, 0.1) is 0 Å². The van der Waals surface area contributed by atoms with Crippen molar-refractivity contribution in [1.82, 2.24) is 4.90 Å². The number of rotatable bonds is 3. The van der Waals surface area contributed by atoms with Gasteiger partial charge in [-0.25, -0.2) is 8.78 Å². The molecule has 0 spiro atoms. The number of nitrogens with zero attached hydrogens (tertiary/aromatic N) is 1. The Morgan fingerprint density at radius 1 is 1.56 bits per heavy atom. The summed E-state index contributed by atoms with van der Waals surface area (Å²) in [7, 11) is 1.29. The molecule has 2 N–H and O–H groups in total. The molecule has 1 aromatic rings. The van der Waals surface area contributed by atoms with Gasteiger partial charge in [-0.15, -0.1) is 0 Å². The number of anilines is 1. The maximum atomic E-state index is 12.1. The minimum Gasteiger partial charge on any atom is -0.397 e. The summed E-state index contributed by atoms with van der Waals surface area (Å²) in [5.41, 5.74) is 5.83. The van der Waals surface area contributed by atoms with Crippen LogP contribution in [0.3, 0.4) is 0 Å². The smallest absolute Gasteiger partial charge is 0.255 e. The predicted molar refractivity (Wildman–Crippen MR) is 58.8 cm³/mol. The third-order valence-electron chi connectivity index (χ3n) is 2.04. The Kier molecular flexibility index (Phi) is 4.06. The van der Waals surface area contributed by atoms with Crippen LogP contribution in [-0.2, 0) is 0 Å². The Hall–Kier alpha value is -1.36. The molecule has 0 radical (unpaired) electrons. The van der Waals surface area contributed by atoms with E-state index in [1.807, 2.05) is 0 Å². The molecule has 1 rings (SSSR count). The molecule has 3 nitrogen and oxygen atoms in total. The van der Waals surface area contributed by atoms with Gasteiger partial charge in [-0.1, -0.05) is 17.7 Å². The van der Waals surface area contributed by atoms with Crippen molar-refractivity contribution in [3.05, 3.63) is 28.8 Å². The van der Waals surface area contributed by atoms with Crippen LogP contribution in [0.25, 0.3) is 0 Å². The summed E-state index contributed by atoms with van der Waals surface area (Å²) in [5, 5.41) is 0.233. The SMILES string of the molecule is CN(CC(F)F)C(=O)c1cccc(Cl)c1N. The zero-order valence-corrected chi connectivity index (χ0v) is 9.34. The molecule has 0 fully saturated rings. The average Bonchev–Trinajstić information content (AvgIpc) is 2.20. The fraction of sp³-hybridized carbons (Fsp3) is 0.300. The molecule has 0 unspecified atom stereocenters. The van der Waals surface area contributed by atoms with Gasteiger partial charge in [0, 0.05) is 7.05 Å². The number of alkyl halides is 2. The number of amides is 1. The van der Waals surface area contributed by atoms with E-state index in [0.717, 1.165) is 4.90 Å². The number of carbonyl (C=O) groups is 1. The number of benzene rings is 1. The van der Waals surface area contributed by atoms with E-state index in [1.165, 1.54) is 19.2 Å². The summed E-state index contributed by atoms with van der Waals surface area (Å²) in [6.07, 6.45) is -2.57. The van der Waals surface area contributed by atoms with Crippen LogP contribution >= 0.6 is 11.6 Å². The monoisotopic (exact) mass is 248 g/mol. The van der Waals surface area contributed by atoms with Crippen molar-refractivity contribution >= 4 is 23.2 Å². The molecule has 88 valence electrons. The molecule has 0 aliphatic rings. The van der Waals surface area contributed by atoms with E-state index in [9.17, 15) is 13.6 Å². The first-order chi connectivity index (χ1) is 7.43. The Balaban J connectivity index is 2.92. The van der Waals surface area contributed by atoms with Crippen LogP contribution < -0.4 is 5.73 Å². The maximum Gasteiger partial charge on any atom is 0.255 e. The lowest BCUT2D eigenvalue weighted by atomic mass is 10.1.